The number of amides is 1. The lowest BCUT2D eigenvalue weighted by molar-refractivity contribution is -0.138. The van der Waals surface area contributed by atoms with Crippen molar-refractivity contribution in [2.75, 3.05) is 32.8 Å². The summed E-state index contributed by atoms with van der Waals surface area (Å²) < 4.78 is 90.9. The molecule has 0 aliphatic carbocycles. The first-order valence-corrected chi connectivity index (χ1v) is 11.6. The van der Waals surface area contributed by atoms with E-state index in [0.717, 1.165) is 24.3 Å². The third kappa shape index (κ3) is 6.31. The molecule has 1 spiro atoms. The molecule has 11 heteroatoms. The van der Waals surface area contributed by atoms with Gasteiger partial charge in [0.25, 0.3) is 0 Å². The summed E-state index contributed by atoms with van der Waals surface area (Å²) in [6.07, 6.45) is -8.80. The molecule has 2 aromatic carbocycles. The van der Waals surface area contributed by atoms with Gasteiger partial charge in [0.05, 0.1) is 17.7 Å². The van der Waals surface area contributed by atoms with Crippen LogP contribution in [-0.4, -0.2) is 49.4 Å². The van der Waals surface area contributed by atoms with E-state index in [1.54, 1.807) is 0 Å². The highest BCUT2D eigenvalue weighted by Crippen LogP contribution is 2.36. The second-order valence-corrected chi connectivity index (χ2v) is 9.12. The monoisotopic (exact) mass is 516 g/mol. The van der Waals surface area contributed by atoms with Crippen molar-refractivity contribution >= 4 is 6.09 Å². The predicted molar refractivity (Wildman–Crippen MR) is 118 cm³/mol. The molecule has 0 radical (unpaired) electrons. The summed E-state index contributed by atoms with van der Waals surface area (Å²) in [5, 5.41) is 2.68. The van der Waals surface area contributed by atoms with Gasteiger partial charge >= 0.3 is 18.4 Å². The molecule has 0 atom stereocenters. The molecule has 0 saturated carbocycles. The van der Waals surface area contributed by atoms with Gasteiger partial charge in [0.1, 0.15) is 11.7 Å². The van der Waals surface area contributed by atoms with Crippen LogP contribution in [-0.2, 0) is 21.8 Å². The Morgan fingerprint density at radius 2 is 1.50 bits per heavy atom. The largest absolute Gasteiger partial charge is 0.441 e. The van der Waals surface area contributed by atoms with E-state index in [1.165, 1.54) is 24.3 Å². The standard InChI is InChI=1S/C25H26F6N2O3/c26-24(27,28)19-6-1-4-17(14-19)21(18-5-2-7-20(15-18)25(29,30)31)35-13-3-10-33-11-8-23(9-12-33)16-32-22(34)36-23/h1-2,4-7,14-15,21H,3,8-13,16H2,(H,32,34). The van der Waals surface area contributed by atoms with Gasteiger partial charge in [-0.15, -0.1) is 0 Å². The van der Waals surface area contributed by atoms with E-state index in [1.807, 2.05) is 0 Å². The third-order valence-corrected chi connectivity index (χ3v) is 6.57. The highest BCUT2D eigenvalue weighted by Gasteiger charge is 2.42. The molecule has 196 valence electrons. The maximum atomic E-state index is 13.3. The van der Waals surface area contributed by atoms with E-state index in [-0.39, 0.29) is 17.7 Å². The predicted octanol–water partition coefficient (Wildman–Crippen LogP) is 5.79. The van der Waals surface area contributed by atoms with Crippen molar-refractivity contribution in [2.45, 2.75) is 43.3 Å². The number of alkyl halides is 6. The van der Waals surface area contributed by atoms with Gasteiger partial charge in [0, 0.05) is 39.1 Å². The normalized spacial score (nSPS) is 18.5. The lowest BCUT2D eigenvalue weighted by Gasteiger charge is -2.37. The fraction of sp³-hybridized carbons (Fsp3) is 0.480. The van der Waals surface area contributed by atoms with Crippen LogP contribution >= 0.6 is 0 Å². The molecule has 2 saturated heterocycles. The highest BCUT2D eigenvalue weighted by atomic mass is 19.4. The van der Waals surface area contributed by atoms with Crippen LogP contribution in [0.15, 0.2) is 48.5 Å². The number of piperidine rings is 1. The molecule has 5 nitrogen and oxygen atoms in total. The summed E-state index contributed by atoms with van der Waals surface area (Å²) >= 11 is 0. The number of nitrogens with one attached hydrogen (secondary N) is 1. The summed E-state index contributed by atoms with van der Waals surface area (Å²) in [4.78, 5) is 13.5. The number of benzene rings is 2. The first-order chi connectivity index (χ1) is 17.0. The van der Waals surface area contributed by atoms with Crippen LogP contribution in [0.3, 0.4) is 0 Å². The number of hydrogen-bond donors (Lipinski definition) is 1. The minimum atomic E-state index is -4.59. The molecule has 2 aromatic rings. The van der Waals surface area contributed by atoms with Crippen molar-refractivity contribution < 1.29 is 40.6 Å². The zero-order valence-electron chi connectivity index (χ0n) is 19.3. The Kier molecular flexibility index (Phi) is 7.51. The van der Waals surface area contributed by atoms with E-state index in [9.17, 15) is 31.1 Å². The maximum absolute atomic E-state index is 13.3. The number of carbonyl (C=O) groups is 1. The number of alkyl carbamates (subject to hydrolysis) is 1. The van der Waals surface area contributed by atoms with E-state index in [2.05, 4.69) is 10.2 Å². The highest BCUT2D eigenvalue weighted by molar-refractivity contribution is 5.70. The van der Waals surface area contributed by atoms with Crippen molar-refractivity contribution in [1.29, 1.82) is 0 Å². The number of rotatable bonds is 7. The van der Waals surface area contributed by atoms with Crippen LogP contribution in [0.2, 0.25) is 0 Å². The van der Waals surface area contributed by atoms with Gasteiger partial charge in [0.15, 0.2) is 0 Å². The van der Waals surface area contributed by atoms with E-state index in [0.29, 0.717) is 45.4 Å². The van der Waals surface area contributed by atoms with Gasteiger partial charge in [-0.25, -0.2) is 4.79 Å². The molecule has 0 aromatic heterocycles. The van der Waals surface area contributed by atoms with Gasteiger partial charge < -0.3 is 19.7 Å². The summed E-state index contributed by atoms with van der Waals surface area (Å²) in [6.45, 7) is 2.67. The average molecular weight is 516 g/mol. The van der Waals surface area contributed by atoms with E-state index in [4.69, 9.17) is 9.47 Å². The van der Waals surface area contributed by atoms with Gasteiger partial charge in [0.2, 0.25) is 0 Å². The summed E-state index contributed by atoms with van der Waals surface area (Å²) in [5.41, 5.74) is -2.02. The molecule has 2 aliphatic rings. The quantitative estimate of drug-likeness (QED) is 0.374. The second-order valence-electron chi connectivity index (χ2n) is 9.12. The minimum absolute atomic E-state index is 0.125. The van der Waals surface area contributed by atoms with Crippen molar-refractivity contribution in [3.05, 3.63) is 70.8 Å². The Hall–Kier alpha value is -2.79. The lowest BCUT2D eigenvalue weighted by atomic mass is 9.91. The van der Waals surface area contributed by atoms with Gasteiger partial charge in [-0.05, 0) is 41.8 Å². The van der Waals surface area contributed by atoms with Crippen LogP contribution in [0.4, 0.5) is 31.1 Å². The third-order valence-electron chi connectivity index (χ3n) is 6.57. The first-order valence-electron chi connectivity index (χ1n) is 11.6. The zero-order chi connectivity index (χ0) is 26.0. The molecular formula is C25H26F6N2O3. The van der Waals surface area contributed by atoms with E-state index >= 15 is 0 Å². The van der Waals surface area contributed by atoms with Gasteiger partial charge in [-0.2, -0.15) is 26.3 Å². The van der Waals surface area contributed by atoms with Crippen LogP contribution < -0.4 is 5.32 Å². The fourth-order valence-electron chi connectivity index (χ4n) is 4.60. The minimum Gasteiger partial charge on any atom is -0.441 e. The summed E-state index contributed by atoms with van der Waals surface area (Å²) in [5.74, 6) is 0. The van der Waals surface area contributed by atoms with Crippen LogP contribution in [0, 0.1) is 0 Å². The Morgan fingerprint density at radius 3 is 1.97 bits per heavy atom. The molecule has 2 heterocycles. The van der Waals surface area contributed by atoms with Gasteiger partial charge in [-0.1, -0.05) is 24.3 Å². The molecule has 2 aliphatic heterocycles. The van der Waals surface area contributed by atoms with Crippen LogP contribution in [0.1, 0.15) is 47.6 Å². The van der Waals surface area contributed by atoms with Crippen molar-refractivity contribution in [3.63, 3.8) is 0 Å². The van der Waals surface area contributed by atoms with E-state index < -0.39 is 41.3 Å². The summed E-state index contributed by atoms with van der Waals surface area (Å²) in [6, 6.07) is 8.91. The molecular weight excluding hydrogens is 490 g/mol. The summed E-state index contributed by atoms with van der Waals surface area (Å²) in [7, 11) is 0. The number of carbonyl (C=O) groups excluding carboxylic acids is 1. The molecule has 1 amide bonds. The van der Waals surface area contributed by atoms with Crippen LogP contribution in [0.5, 0.6) is 0 Å². The zero-order valence-corrected chi connectivity index (χ0v) is 19.3. The molecule has 0 bridgehead atoms. The number of hydrogen-bond acceptors (Lipinski definition) is 4. The Labute approximate surface area is 204 Å². The SMILES string of the molecule is O=C1NCC2(CCN(CCCOC(c3cccc(C(F)(F)F)c3)c3cccc(C(F)(F)F)c3)CC2)O1. The number of ether oxygens (including phenoxy) is 2. The molecule has 36 heavy (non-hydrogen) atoms. The van der Waals surface area contributed by atoms with Crippen molar-refractivity contribution in [3.8, 4) is 0 Å². The second kappa shape index (κ2) is 10.3. The van der Waals surface area contributed by atoms with Gasteiger partial charge in [-0.3, -0.25) is 0 Å². The van der Waals surface area contributed by atoms with Crippen molar-refractivity contribution in [1.82, 2.24) is 10.2 Å². The molecule has 4 rings (SSSR count). The molecule has 0 unspecified atom stereocenters. The Balaban J connectivity index is 1.42. The smallest absolute Gasteiger partial charge is 0.416 e. The Morgan fingerprint density at radius 1 is 0.944 bits per heavy atom. The average Bonchev–Trinajstić information content (AvgIpc) is 3.19. The Bertz CT molecular complexity index is 1010. The lowest BCUT2D eigenvalue weighted by Crippen LogP contribution is -2.46. The molecule has 2 fully saturated rings. The number of halogens is 6. The number of likely N-dealkylation sites (tertiary alicyclic amines) is 1. The molecule has 1 N–H and O–H groups in total. The first kappa shape index (κ1) is 26.3. The maximum Gasteiger partial charge on any atom is 0.416 e. The number of nitrogens with zero attached hydrogens (tertiary/aromatic N) is 1. The van der Waals surface area contributed by atoms with Crippen LogP contribution in [0.25, 0.3) is 0 Å². The fourth-order valence-corrected chi connectivity index (χ4v) is 4.60. The topological polar surface area (TPSA) is 50.8 Å². The van der Waals surface area contributed by atoms with Crippen molar-refractivity contribution in [2.24, 2.45) is 0 Å².